The predicted octanol–water partition coefficient (Wildman–Crippen LogP) is 1.43. The first-order valence-electron chi connectivity index (χ1n) is 5.07. The van der Waals surface area contributed by atoms with Gasteiger partial charge in [0.05, 0.1) is 0 Å². The summed E-state index contributed by atoms with van der Waals surface area (Å²) in [5.41, 5.74) is 0.699. The summed E-state index contributed by atoms with van der Waals surface area (Å²) in [5.74, 6) is -1.48. The van der Waals surface area contributed by atoms with Gasteiger partial charge in [-0.1, -0.05) is 0 Å². The molecule has 2 heterocycles. The maximum absolute atomic E-state index is 11.8. The maximum Gasteiger partial charge on any atom is 0.354 e. The summed E-state index contributed by atoms with van der Waals surface area (Å²) in [6, 6.07) is 5.94. The average Bonchev–Trinajstić information content (AvgIpc) is 2.40. The average molecular weight is 243 g/mol. The molecule has 2 aromatic rings. The molecule has 0 aliphatic carbocycles. The van der Waals surface area contributed by atoms with E-state index >= 15 is 0 Å². The number of hydrogen-bond donors (Lipinski definition) is 2. The van der Waals surface area contributed by atoms with Crippen LogP contribution < -0.4 is 5.32 Å². The van der Waals surface area contributed by atoms with Crippen molar-refractivity contribution in [1.82, 2.24) is 9.97 Å². The summed E-state index contributed by atoms with van der Waals surface area (Å²) in [6.45, 7) is 0. The zero-order valence-corrected chi connectivity index (χ0v) is 9.20. The topological polar surface area (TPSA) is 92.2 Å². The van der Waals surface area contributed by atoms with Crippen LogP contribution in [0.2, 0.25) is 0 Å². The summed E-state index contributed by atoms with van der Waals surface area (Å²) >= 11 is 0. The van der Waals surface area contributed by atoms with Crippen molar-refractivity contribution in [2.45, 2.75) is 0 Å². The Morgan fingerprint density at radius 2 is 1.83 bits per heavy atom. The normalized spacial score (nSPS) is 9.78. The largest absolute Gasteiger partial charge is 0.477 e. The summed E-state index contributed by atoms with van der Waals surface area (Å²) in [4.78, 5) is 30.0. The van der Waals surface area contributed by atoms with Gasteiger partial charge in [0, 0.05) is 29.8 Å². The number of amides is 1. The summed E-state index contributed by atoms with van der Waals surface area (Å²) < 4.78 is 0. The number of carbonyl (C=O) groups is 2. The van der Waals surface area contributed by atoms with Crippen LogP contribution in [0.25, 0.3) is 0 Å². The van der Waals surface area contributed by atoms with Crippen LogP contribution >= 0.6 is 0 Å². The fourth-order valence-corrected chi connectivity index (χ4v) is 1.33. The minimum Gasteiger partial charge on any atom is -0.477 e. The molecule has 2 rings (SSSR count). The second-order valence-corrected chi connectivity index (χ2v) is 3.42. The van der Waals surface area contributed by atoms with E-state index < -0.39 is 5.97 Å². The molecule has 6 nitrogen and oxygen atoms in total. The Labute approximate surface area is 102 Å². The number of carboxylic acid groups (broad SMARTS) is 1. The summed E-state index contributed by atoms with van der Waals surface area (Å²) in [6.07, 6.45) is 4.33. The molecule has 6 heteroatoms. The number of nitrogens with zero attached hydrogens (tertiary/aromatic N) is 2. The lowest BCUT2D eigenvalue weighted by atomic mass is 10.2. The molecule has 2 aromatic heterocycles. The quantitative estimate of drug-likeness (QED) is 0.850. The van der Waals surface area contributed by atoms with Gasteiger partial charge in [0.2, 0.25) is 0 Å². The van der Waals surface area contributed by atoms with Crippen molar-refractivity contribution in [3.05, 3.63) is 54.1 Å². The van der Waals surface area contributed by atoms with Crippen molar-refractivity contribution >= 4 is 17.6 Å². The molecular formula is C12H9N3O3. The highest BCUT2D eigenvalue weighted by Gasteiger charge is 2.08. The molecule has 1 amide bonds. The van der Waals surface area contributed by atoms with Crippen LogP contribution in [0, 0.1) is 0 Å². The number of pyridine rings is 2. The molecule has 0 saturated carbocycles. The standard InChI is InChI=1S/C12H9N3O3/c16-11(8-1-4-13-5-2-8)15-9-3-6-14-10(7-9)12(17)18/h1-7H,(H,17,18)(H,14,15,16). The van der Waals surface area contributed by atoms with Crippen molar-refractivity contribution in [2.24, 2.45) is 0 Å². The lowest BCUT2D eigenvalue weighted by molar-refractivity contribution is 0.0690. The third-order valence-electron chi connectivity index (χ3n) is 2.18. The summed E-state index contributed by atoms with van der Waals surface area (Å²) in [5, 5.41) is 11.4. The molecule has 90 valence electrons. The zero-order chi connectivity index (χ0) is 13.0. The fourth-order valence-electron chi connectivity index (χ4n) is 1.33. The predicted molar refractivity (Wildman–Crippen MR) is 63.4 cm³/mol. The van der Waals surface area contributed by atoms with E-state index in [2.05, 4.69) is 15.3 Å². The number of nitrogens with one attached hydrogen (secondary N) is 1. The van der Waals surface area contributed by atoms with Gasteiger partial charge in [-0.25, -0.2) is 9.78 Å². The van der Waals surface area contributed by atoms with Gasteiger partial charge in [0.1, 0.15) is 5.69 Å². The van der Waals surface area contributed by atoms with E-state index in [1.807, 2.05) is 0 Å². The smallest absolute Gasteiger partial charge is 0.354 e. The second-order valence-electron chi connectivity index (χ2n) is 3.42. The Bertz CT molecular complexity index is 584. The number of anilines is 1. The van der Waals surface area contributed by atoms with Crippen molar-refractivity contribution in [3.8, 4) is 0 Å². The molecule has 18 heavy (non-hydrogen) atoms. The van der Waals surface area contributed by atoms with Gasteiger partial charge in [-0.3, -0.25) is 9.78 Å². The van der Waals surface area contributed by atoms with E-state index in [0.29, 0.717) is 11.3 Å². The van der Waals surface area contributed by atoms with Gasteiger partial charge in [0.25, 0.3) is 5.91 Å². The van der Waals surface area contributed by atoms with Gasteiger partial charge in [-0.05, 0) is 24.3 Å². The molecule has 0 bridgehead atoms. The first-order valence-corrected chi connectivity index (χ1v) is 5.07. The van der Waals surface area contributed by atoms with Crippen LogP contribution in [-0.2, 0) is 0 Å². The van der Waals surface area contributed by atoms with Crippen LogP contribution in [0.4, 0.5) is 5.69 Å². The van der Waals surface area contributed by atoms with Gasteiger partial charge >= 0.3 is 5.97 Å². The molecule has 0 unspecified atom stereocenters. The Morgan fingerprint density at radius 1 is 1.11 bits per heavy atom. The van der Waals surface area contributed by atoms with Crippen LogP contribution in [0.5, 0.6) is 0 Å². The molecule has 0 aliphatic rings. The van der Waals surface area contributed by atoms with E-state index in [9.17, 15) is 9.59 Å². The number of hydrogen-bond acceptors (Lipinski definition) is 4. The Kier molecular flexibility index (Phi) is 3.29. The molecule has 0 atom stereocenters. The molecule has 0 aliphatic heterocycles. The second kappa shape index (κ2) is 5.05. The monoisotopic (exact) mass is 243 g/mol. The molecule has 2 N–H and O–H groups in total. The van der Waals surface area contributed by atoms with E-state index in [1.165, 1.54) is 30.7 Å². The molecule has 0 saturated heterocycles. The van der Waals surface area contributed by atoms with E-state index in [0.717, 1.165) is 0 Å². The van der Waals surface area contributed by atoms with Crippen LogP contribution in [0.1, 0.15) is 20.8 Å². The van der Waals surface area contributed by atoms with E-state index in [-0.39, 0.29) is 11.6 Å². The number of carbonyl (C=O) groups excluding carboxylic acids is 1. The van der Waals surface area contributed by atoms with Crippen LogP contribution in [-0.4, -0.2) is 27.0 Å². The van der Waals surface area contributed by atoms with Crippen molar-refractivity contribution in [3.63, 3.8) is 0 Å². The zero-order valence-electron chi connectivity index (χ0n) is 9.20. The lowest BCUT2D eigenvalue weighted by Crippen LogP contribution is -2.12. The Morgan fingerprint density at radius 3 is 2.50 bits per heavy atom. The van der Waals surface area contributed by atoms with Crippen molar-refractivity contribution < 1.29 is 14.7 Å². The van der Waals surface area contributed by atoms with Gasteiger partial charge in [0.15, 0.2) is 0 Å². The first kappa shape index (κ1) is 11.7. The minimum atomic E-state index is -1.14. The molecule has 0 fully saturated rings. The van der Waals surface area contributed by atoms with Gasteiger partial charge < -0.3 is 10.4 Å². The Balaban J connectivity index is 2.17. The highest BCUT2D eigenvalue weighted by molar-refractivity contribution is 6.04. The third kappa shape index (κ3) is 2.67. The molecule has 0 radical (unpaired) electrons. The summed E-state index contributed by atoms with van der Waals surface area (Å²) in [7, 11) is 0. The van der Waals surface area contributed by atoms with Crippen molar-refractivity contribution in [2.75, 3.05) is 5.32 Å². The number of aromatic nitrogens is 2. The van der Waals surface area contributed by atoms with E-state index in [1.54, 1.807) is 12.1 Å². The number of aromatic carboxylic acids is 1. The van der Waals surface area contributed by atoms with Gasteiger partial charge in [-0.2, -0.15) is 0 Å². The molecular weight excluding hydrogens is 234 g/mol. The van der Waals surface area contributed by atoms with Crippen LogP contribution in [0.3, 0.4) is 0 Å². The minimum absolute atomic E-state index is 0.123. The highest BCUT2D eigenvalue weighted by atomic mass is 16.4. The molecule has 0 spiro atoms. The number of rotatable bonds is 3. The lowest BCUT2D eigenvalue weighted by Gasteiger charge is -2.05. The molecule has 0 aromatic carbocycles. The first-order chi connectivity index (χ1) is 8.66. The van der Waals surface area contributed by atoms with Crippen molar-refractivity contribution in [1.29, 1.82) is 0 Å². The fraction of sp³-hybridized carbons (Fsp3) is 0. The van der Waals surface area contributed by atoms with E-state index in [4.69, 9.17) is 5.11 Å². The third-order valence-corrected chi connectivity index (χ3v) is 2.18. The number of carboxylic acids is 1. The SMILES string of the molecule is O=C(Nc1ccnc(C(=O)O)c1)c1ccncc1. The van der Waals surface area contributed by atoms with Crippen LogP contribution in [0.15, 0.2) is 42.9 Å². The Hall–Kier alpha value is -2.76. The van der Waals surface area contributed by atoms with Gasteiger partial charge in [-0.15, -0.1) is 0 Å². The maximum atomic E-state index is 11.8. The highest BCUT2D eigenvalue weighted by Crippen LogP contribution is 2.10.